The largest absolute Gasteiger partial charge is 0.493 e. The summed E-state index contributed by atoms with van der Waals surface area (Å²) < 4.78 is 18.1. The van der Waals surface area contributed by atoms with Crippen LogP contribution < -0.4 is 4.74 Å². The molecule has 0 N–H and O–H groups in total. The van der Waals surface area contributed by atoms with Crippen molar-refractivity contribution in [2.24, 2.45) is 0 Å². The van der Waals surface area contributed by atoms with Gasteiger partial charge in [0, 0.05) is 17.5 Å². The van der Waals surface area contributed by atoms with Gasteiger partial charge in [0.25, 0.3) is 0 Å². The molecule has 0 saturated carbocycles. The topological polar surface area (TPSA) is 43.4 Å². The van der Waals surface area contributed by atoms with Gasteiger partial charge in [-0.2, -0.15) is 0 Å². The van der Waals surface area contributed by atoms with Crippen molar-refractivity contribution in [2.75, 3.05) is 6.61 Å². The smallest absolute Gasteiger partial charge is 0.166 e. The lowest BCUT2D eigenvalue weighted by Gasteiger charge is -2.06. The molecule has 3 nitrogen and oxygen atoms in total. The van der Waals surface area contributed by atoms with Crippen molar-refractivity contribution in [3.8, 4) is 5.75 Å². The van der Waals surface area contributed by atoms with Crippen LogP contribution in [-0.2, 0) is 0 Å². The molecular weight excluding hydrogens is 259 g/mol. The second-order valence-corrected chi connectivity index (χ2v) is 4.22. The average molecular weight is 272 g/mol. The van der Waals surface area contributed by atoms with Gasteiger partial charge in [-0.15, -0.1) is 0 Å². The Morgan fingerprint density at radius 3 is 2.60 bits per heavy atom. The quantitative estimate of drug-likeness (QED) is 0.598. The first kappa shape index (κ1) is 13.9. The molecule has 2 rings (SSSR count). The monoisotopic (exact) mass is 272 g/mol. The van der Waals surface area contributed by atoms with Crippen molar-refractivity contribution in [2.45, 2.75) is 6.42 Å². The van der Waals surface area contributed by atoms with Crippen LogP contribution >= 0.6 is 0 Å². The lowest BCUT2D eigenvalue weighted by atomic mass is 10.1. The van der Waals surface area contributed by atoms with Gasteiger partial charge in [-0.3, -0.25) is 9.59 Å². The highest BCUT2D eigenvalue weighted by atomic mass is 19.1. The first-order chi connectivity index (χ1) is 9.69. The molecule has 4 heteroatoms. The number of benzene rings is 2. The molecule has 0 aliphatic rings. The number of rotatable bonds is 6. The van der Waals surface area contributed by atoms with Crippen LogP contribution in [0.25, 0.3) is 0 Å². The maximum absolute atomic E-state index is 12.7. The van der Waals surface area contributed by atoms with Crippen molar-refractivity contribution in [3.05, 3.63) is 65.5 Å². The summed E-state index contributed by atoms with van der Waals surface area (Å²) in [5.74, 6) is 0.0570. The van der Waals surface area contributed by atoms with E-state index < -0.39 is 0 Å². The number of carbonyl (C=O) groups excluding carboxylic acids is 2. The van der Waals surface area contributed by atoms with E-state index in [-0.39, 0.29) is 24.6 Å². The Morgan fingerprint density at radius 1 is 1.15 bits per heavy atom. The molecule has 0 aromatic heterocycles. The highest BCUT2D eigenvalue weighted by molar-refractivity contribution is 5.96. The molecule has 0 heterocycles. The van der Waals surface area contributed by atoms with E-state index in [4.69, 9.17) is 4.74 Å². The minimum Gasteiger partial charge on any atom is -0.493 e. The summed E-state index contributed by atoms with van der Waals surface area (Å²) in [6.07, 6.45) is 0.924. The molecule has 0 unspecified atom stereocenters. The summed E-state index contributed by atoms with van der Waals surface area (Å²) in [7, 11) is 0. The van der Waals surface area contributed by atoms with Gasteiger partial charge in [0.05, 0.1) is 6.61 Å². The number of Topliss-reactive ketones (excluding diaryl/α,β-unsaturated/α-hetero) is 1. The zero-order chi connectivity index (χ0) is 14.4. The van der Waals surface area contributed by atoms with E-state index >= 15 is 0 Å². The Balaban J connectivity index is 1.87. The molecule has 0 aliphatic heterocycles. The van der Waals surface area contributed by atoms with Crippen LogP contribution in [0.4, 0.5) is 4.39 Å². The van der Waals surface area contributed by atoms with E-state index in [0.717, 1.165) is 6.29 Å². The summed E-state index contributed by atoms with van der Waals surface area (Å²) in [6.45, 7) is 0.207. The second kappa shape index (κ2) is 6.61. The number of halogens is 1. The maximum atomic E-state index is 12.7. The first-order valence-electron chi connectivity index (χ1n) is 6.16. The third kappa shape index (κ3) is 3.75. The molecule has 2 aromatic carbocycles. The van der Waals surface area contributed by atoms with Crippen LogP contribution in [0.15, 0.2) is 48.5 Å². The molecule has 0 atom stereocenters. The number of aldehydes is 1. The first-order valence-corrected chi connectivity index (χ1v) is 6.16. The molecule has 20 heavy (non-hydrogen) atoms. The molecule has 0 saturated heterocycles. The van der Waals surface area contributed by atoms with Gasteiger partial charge in [-0.1, -0.05) is 12.1 Å². The van der Waals surface area contributed by atoms with Crippen LogP contribution in [0.3, 0.4) is 0 Å². The summed E-state index contributed by atoms with van der Waals surface area (Å²) in [6, 6.07) is 12.1. The van der Waals surface area contributed by atoms with Crippen molar-refractivity contribution >= 4 is 12.1 Å². The number of hydrogen-bond donors (Lipinski definition) is 0. The van der Waals surface area contributed by atoms with E-state index in [1.54, 1.807) is 24.3 Å². The SMILES string of the molecule is O=Cc1cccc(OCCC(=O)c2ccc(F)cc2)c1. The molecular formula is C16H13FO3. The van der Waals surface area contributed by atoms with E-state index in [1.807, 2.05) is 0 Å². The van der Waals surface area contributed by atoms with Gasteiger partial charge in [0.15, 0.2) is 5.78 Å². The Kier molecular flexibility index (Phi) is 4.60. The highest BCUT2D eigenvalue weighted by Gasteiger charge is 2.06. The second-order valence-electron chi connectivity index (χ2n) is 4.22. The average Bonchev–Trinajstić information content (AvgIpc) is 2.48. The van der Waals surface area contributed by atoms with Crippen molar-refractivity contribution in [1.29, 1.82) is 0 Å². The minimum absolute atomic E-state index is 0.114. The number of hydrogen-bond acceptors (Lipinski definition) is 3. The number of carbonyl (C=O) groups is 2. The van der Waals surface area contributed by atoms with E-state index in [0.29, 0.717) is 16.9 Å². The van der Waals surface area contributed by atoms with Gasteiger partial charge in [0.1, 0.15) is 17.9 Å². The molecule has 0 spiro atoms. The summed E-state index contributed by atoms with van der Waals surface area (Å²) in [5, 5.41) is 0. The molecule has 2 aromatic rings. The zero-order valence-electron chi connectivity index (χ0n) is 10.7. The minimum atomic E-state index is -0.372. The van der Waals surface area contributed by atoms with E-state index in [9.17, 15) is 14.0 Å². The van der Waals surface area contributed by atoms with Gasteiger partial charge < -0.3 is 4.74 Å². The fraction of sp³-hybridized carbons (Fsp3) is 0.125. The normalized spacial score (nSPS) is 10.1. The zero-order valence-corrected chi connectivity index (χ0v) is 10.7. The molecule has 0 bridgehead atoms. The lowest BCUT2D eigenvalue weighted by Crippen LogP contribution is -2.06. The van der Waals surface area contributed by atoms with Crippen LogP contribution in [0.5, 0.6) is 5.75 Å². The third-order valence-corrected chi connectivity index (χ3v) is 2.76. The fourth-order valence-corrected chi connectivity index (χ4v) is 1.72. The lowest BCUT2D eigenvalue weighted by molar-refractivity contribution is 0.0961. The highest BCUT2D eigenvalue weighted by Crippen LogP contribution is 2.13. The predicted molar refractivity (Wildman–Crippen MR) is 72.7 cm³/mol. The van der Waals surface area contributed by atoms with Crippen molar-refractivity contribution in [3.63, 3.8) is 0 Å². The molecule has 0 radical (unpaired) electrons. The summed E-state index contributed by atoms with van der Waals surface area (Å²) in [4.78, 5) is 22.4. The van der Waals surface area contributed by atoms with Crippen LogP contribution in [0.2, 0.25) is 0 Å². The van der Waals surface area contributed by atoms with Crippen LogP contribution in [-0.4, -0.2) is 18.7 Å². The Labute approximate surface area is 116 Å². The van der Waals surface area contributed by atoms with Crippen molar-refractivity contribution < 1.29 is 18.7 Å². The van der Waals surface area contributed by atoms with Crippen LogP contribution in [0.1, 0.15) is 27.1 Å². The summed E-state index contributed by atoms with van der Waals surface area (Å²) >= 11 is 0. The van der Waals surface area contributed by atoms with E-state index in [2.05, 4.69) is 0 Å². The fourth-order valence-electron chi connectivity index (χ4n) is 1.72. The van der Waals surface area contributed by atoms with Gasteiger partial charge in [0.2, 0.25) is 0 Å². The van der Waals surface area contributed by atoms with Gasteiger partial charge >= 0.3 is 0 Å². The predicted octanol–water partition coefficient (Wildman–Crippen LogP) is 3.29. The number of ketones is 1. The molecule has 0 fully saturated rings. The molecule has 0 aliphatic carbocycles. The molecule has 102 valence electrons. The standard InChI is InChI=1S/C16H13FO3/c17-14-6-4-13(5-7-14)16(19)8-9-20-15-3-1-2-12(10-15)11-18/h1-7,10-11H,8-9H2. The number of ether oxygens (including phenoxy) is 1. The van der Waals surface area contributed by atoms with Gasteiger partial charge in [-0.05, 0) is 36.4 Å². The Hall–Kier alpha value is -2.49. The van der Waals surface area contributed by atoms with Gasteiger partial charge in [-0.25, -0.2) is 4.39 Å². The Bertz CT molecular complexity index is 605. The third-order valence-electron chi connectivity index (χ3n) is 2.76. The van der Waals surface area contributed by atoms with E-state index in [1.165, 1.54) is 24.3 Å². The summed E-state index contributed by atoms with van der Waals surface area (Å²) in [5.41, 5.74) is 0.976. The maximum Gasteiger partial charge on any atom is 0.166 e. The van der Waals surface area contributed by atoms with Crippen molar-refractivity contribution in [1.82, 2.24) is 0 Å². The van der Waals surface area contributed by atoms with Crippen LogP contribution in [0, 0.1) is 5.82 Å². The Morgan fingerprint density at radius 2 is 1.90 bits per heavy atom. The molecule has 0 amide bonds.